The molecule has 0 aliphatic carbocycles. The fourth-order valence-corrected chi connectivity index (χ4v) is 2.65. The molecule has 1 aliphatic heterocycles. The maximum Gasteiger partial charge on any atom is 0.409 e. The second-order valence-electron chi connectivity index (χ2n) is 4.85. The third-order valence-electron chi connectivity index (χ3n) is 3.57. The van der Waals surface area contributed by atoms with E-state index in [0.717, 1.165) is 5.56 Å². The number of carbonyl (C=O) groups is 1. The molecule has 110 valence electrons. The summed E-state index contributed by atoms with van der Waals surface area (Å²) in [5, 5.41) is 11.6. The zero-order valence-corrected chi connectivity index (χ0v) is 12.7. The topological polar surface area (TPSA) is 49.8 Å². The van der Waals surface area contributed by atoms with Crippen LogP contribution in [-0.4, -0.2) is 35.8 Å². The molecule has 2 rings (SSSR count). The SMILES string of the molecule is CCOC(=O)N1CCC(O)(c2ccc(Cl)c(Cl)c2)CC1. The van der Waals surface area contributed by atoms with E-state index in [4.69, 9.17) is 27.9 Å². The van der Waals surface area contributed by atoms with E-state index in [0.29, 0.717) is 42.6 Å². The van der Waals surface area contributed by atoms with Gasteiger partial charge >= 0.3 is 6.09 Å². The van der Waals surface area contributed by atoms with Crippen LogP contribution in [0, 0.1) is 0 Å². The van der Waals surface area contributed by atoms with Crippen molar-refractivity contribution in [3.63, 3.8) is 0 Å². The minimum Gasteiger partial charge on any atom is -0.450 e. The Morgan fingerprint density at radius 2 is 2.00 bits per heavy atom. The van der Waals surface area contributed by atoms with Gasteiger partial charge in [-0.05, 0) is 37.5 Å². The number of rotatable bonds is 2. The van der Waals surface area contributed by atoms with Gasteiger partial charge in [0.2, 0.25) is 0 Å². The Bertz CT molecular complexity index is 499. The van der Waals surface area contributed by atoms with Crippen LogP contribution in [0.3, 0.4) is 0 Å². The molecule has 1 fully saturated rings. The van der Waals surface area contributed by atoms with Crippen LogP contribution in [0.15, 0.2) is 18.2 Å². The fraction of sp³-hybridized carbons (Fsp3) is 0.500. The minimum absolute atomic E-state index is 0.330. The summed E-state index contributed by atoms with van der Waals surface area (Å²) in [6, 6.07) is 5.13. The summed E-state index contributed by atoms with van der Waals surface area (Å²) < 4.78 is 4.96. The Morgan fingerprint density at radius 3 is 2.55 bits per heavy atom. The van der Waals surface area contributed by atoms with Gasteiger partial charge in [-0.25, -0.2) is 4.79 Å². The predicted molar refractivity (Wildman–Crippen MR) is 78.2 cm³/mol. The predicted octanol–water partition coefficient (Wildman–Crippen LogP) is 3.43. The van der Waals surface area contributed by atoms with E-state index >= 15 is 0 Å². The molecule has 0 bridgehead atoms. The number of ether oxygens (including phenoxy) is 1. The van der Waals surface area contributed by atoms with Crippen LogP contribution >= 0.6 is 23.2 Å². The van der Waals surface area contributed by atoms with Gasteiger partial charge in [-0.1, -0.05) is 29.3 Å². The smallest absolute Gasteiger partial charge is 0.409 e. The molecular weight excluding hydrogens is 301 g/mol. The van der Waals surface area contributed by atoms with Gasteiger partial charge in [0.15, 0.2) is 0 Å². The van der Waals surface area contributed by atoms with Crippen molar-refractivity contribution in [2.24, 2.45) is 0 Å². The average Bonchev–Trinajstić information content (AvgIpc) is 2.43. The van der Waals surface area contributed by atoms with Gasteiger partial charge in [0.05, 0.1) is 22.3 Å². The number of nitrogens with zero attached hydrogens (tertiary/aromatic N) is 1. The quantitative estimate of drug-likeness (QED) is 0.909. The molecular formula is C14H17Cl2NO3. The molecule has 1 aromatic rings. The first-order valence-electron chi connectivity index (χ1n) is 6.56. The van der Waals surface area contributed by atoms with E-state index in [1.54, 1.807) is 30.0 Å². The number of piperidine rings is 1. The lowest BCUT2D eigenvalue weighted by Gasteiger charge is -2.38. The van der Waals surface area contributed by atoms with Crippen molar-refractivity contribution < 1.29 is 14.6 Å². The summed E-state index contributed by atoms with van der Waals surface area (Å²) in [6.45, 7) is 3.03. The third kappa shape index (κ3) is 3.19. The van der Waals surface area contributed by atoms with Crippen molar-refractivity contribution in [2.75, 3.05) is 19.7 Å². The fourth-order valence-electron chi connectivity index (χ4n) is 2.35. The lowest BCUT2D eigenvalue weighted by Crippen LogP contribution is -2.45. The molecule has 0 unspecified atom stereocenters. The molecule has 1 N–H and O–H groups in total. The Kier molecular flexibility index (Phi) is 4.78. The Hall–Kier alpha value is -0.970. The highest BCUT2D eigenvalue weighted by Crippen LogP contribution is 2.35. The summed E-state index contributed by atoms with van der Waals surface area (Å²) >= 11 is 11.9. The summed E-state index contributed by atoms with van der Waals surface area (Å²) in [7, 11) is 0. The lowest BCUT2D eigenvalue weighted by atomic mass is 9.84. The van der Waals surface area contributed by atoms with Gasteiger partial charge in [-0.2, -0.15) is 0 Å². The van der Waals surface area contributed by atoms with Crippen LogP contribution in [0.4, 0.5) is 4.79 Å². The molecule has 4 nitrogen and oxygen atoms in total. The van der Waals surface area contributed by atoms with Gasteiger partial charge in [-0.15, -0.1) is 0 Å². The molecule has 1 heterocycles. The van der Waals surface area contributed by atoms with Gasteiger partial charge < -0.3 is 14.7 Å². The number of halogens is 2. The molecule has 20 heavy (non-hydrogen) atoms. The Balaban J connectivity index is 2.07. The second-order valence-corrected chi connectivity index (χ2v) is 5.66. The Morgan fingerprint density at radius 1 is 1.35 bits per heavy atom. The van der Waals surface area contributed by atoms with Crippen molar-refractivity contribution >= 4 is 29.3 Å². The highest BCUT2D eigenvalue weighted by molar-refractivity contribution is 6.42. The molecule has 1 saturated heterocycles. The first-order chi connectivity index (χ1) is 9.46. The van der Waals surface area contributed by atoms with Crippen LogP contribution in [0.2, 0.25) is 10.0 Å². The molecule has 1 aliphatic rings. The molecule has 0 radical (unpaired) electrons. The van der Waals surface area contributed by atoms with E-state index in [2.05, 4.69) is 0 Å². The zero-order chi connectivity index (χ0) is 14.8. The summed E-state index contributed by atoms with van der Waals surface area (Å²) in [5.41, 5.74) is -0.243. The normalized spacial score (nSPS) is 17.9. The molecule has 1 aromatic carbocycles. The van der Waals surface area contributed by atoms with E-state index < -0.39 is 5.60 Å². The van der Waals surface area contributed by atoms with Crippen LogP contribution in [0.5, 0.6) is 0 Å². The first-order valence-corrected chi connectivity index (χ1v) is 7.31. The lowest BCUT2D eigenvalue weighted by molar-refractivity contribution is -0.0244. The molecule has 1 amide bonds. The summed E-state index contributed by atoms with van der Waals surface area (Å²) in [5.74, 6) is 0. The van der Waals surface area contributed by atoms with Crippen LogP contribution < -0.4 is 0 Å². The summed E-state index contributed by atoms with van der Waals surface area (Å²) in [4.78, 5) is 13.2. The van der Waals surface area contributed by atoms with Crippen LogP contribution in [-0.2, 0) is 10.3 Å². The van der Waals surface area contributed by atoms with Crippen LogP contribution in [0.1, 0.15) is 25.3 Å². The summed E-state index contributed by atoms with van der Waals surface area (Å²) in [6.07, 6.45) is 0.566. The standard InChI is InChI=1S/C14H17Cl2NO3/c1-2-20-13(18)17-7-5-14(19,6-8-17)10-3-4-11(15)12(16)9-10/h3-4,9,19H,2,5-8H2,1H3. The molecule has 0 aromatic heterocycles. The Labute approximate surface area is 128 Å². The van der Waals surface area contributed by atoms with E-state index in [1.807, 2.05) is 0 Å². The maximum absolute atomic E-state index is 11.6. The number of benzene rings is 1. The van der Waals surface area contributed by atoms with Gasteiger partial charge in [0.25, 0.3) is 0 Å². The van der Waals surface area contributed by atoms with Crippen molar-refractivity contribution in [2.45, 2.75) is 25.4 Å². The van der Waals surface area contributed by atoms with Crippen LogP contribution in [0.25, 0.3) is 0 Å². The van der Waals surface area contributed by atoms with Crippen molar-refractivity contribution in [1.29, 1.82) is 0 Å². The number of hydrogen-bond donors (Lipinski definition) is 1. The molecule has 0 atom stereocenters. The first kappa shape index (κ1) is 15.4. The molecule has 6 heteroatoms. The van der Waals surface area contributed by atoms with E-state index in [1.165, 1.54) is 0 Å². The largest absolute Gasteiger partial charge is 0.450 e. The molecule has 0 saturated carbocycles. The van der Waals surface area contributed by atoms with Crippen molar-refractivity contribution in [1.82, 2.24) is 4.90 Å². The zero-order valence-electron chi connectivity index (χ0n) is 11.2. The minimum atomic E-state index is -0.975. The van der Waals surface area contributed by atoms with Crippen molar-refractivity contribution in [3.05, 3.63) is 33.8 Å². The highest BCUT2D eigenvalue weighted by atomic mass is 35.5. The van der Waals surface area contributed by atoms with E-state index in [9.17, 15) is 9.90 Å². The van der Waals surface area contributed by atoms with Crippen molar-refractivity contribution in [3.8, 4) is 0 Å². The van der Waals surface area contributed by atoms with Gasteiger partial charge in [0.1, 0.15) is 0 Å². The molecule has 0 spiro atoms. The van der Waals surface area contributed by atoms with Gasteiger partial charge in [-0.3, -0.25) is 0 Å². The number of likely N-dealkylation sites (tertiary alicyclic amines) is 1. The number of amides is 1. The second kappa shape index (κ2) is 6.20. The number of carbonyl (C=O) groups excluding carboxylic acids is 1. The number of hydrogen-bond acceptors (Lipinski definition) is 3. The highest BCUT2D eigenvalue weighted by Gasteiger charge is 2.36. The van der Waals surface area contributed by atoms with Gasteiger partial charge in [0, 0.05) is 13.1 Å². The number of aliphatic hydroxyl groups is 1. The van der Waals surface area contributed by atoms with E-state index in [-0.39, 0.29) is 6.09 Å². The third-order valence-corrected chi connectivity index (χ3v) is 4.31. The average molecular weight is 318 g/mol. The maximum atomic E-state index is 11.6. The monoisotopic (exact) mass is 317 g/mol.